The van der Waals surface area contributed by atoms with Crippen molar-refractivity contribution in [3.05, 3.63) is 12.2 Å². The molecular weight excluding hydrogens is 923 g/mol. The zero-order valence-corrected chi connectivity index (χ0v) is 49.1. The maximum atomic E-state index is 13.1. The van der Waals surface area contributed by atoms with Crippen molar-refractivity contribution < 1.29 is 39.8 Å². The first kappa shape index (κ1) is 70.9. The quantitative estimate of drug-likeness (QED) is 0.0261. The molecule has 0 radical (unpaired) electrons. The Morgan fingerprint density at radius 2 is 0.743 bits per heavy atom. The number of aliphatic hydroxyl groups is 5. The molecule has 1 rings (SSSR count). The van der Waals surface area contributed by atoms with E-state index in [4.69, 9.17) is 9.47 Å². The van der Waals surface area contributed by atoms with Crippen LogP contribution in [0, 0.1) is 0 Å². The molecule has 1 fully saturated rings. The van der Waals surface area contributed by atoms with E-state index in [1.165, 1.54) is 283 Å². The van der Waals surface area contributed by atoms with Gasteiger partial charge in [-0.2, -0.15) is 0 Å². The minimum Gasteiger partial charge on any atom is -0.394 e. The average Bonchev–Trinajstić information content (AvgIpc) is 3.40. The Kier molecular flexibility index (Phi) is 53.0. The molecule has 9 nitrogen and oxygen atoms in total. The molecule has 1 aliphatic rings. The Hall–Kier alpha value is -1.07. The molecule has 1 amide bonds. The van der Waals surface area contributed by atoms with Crippen molar-refractivity contribution in [1.29, 1.82) is 0 Å². The summed E-state index contributed by atoms with van der Waals surface area (Å²) in [6.45, 7) is 3.84. The van der Waals surface area contributed by atoms with Crippen molar-refractivity contribution in [3.8, 4) is 0 Å². The first-order chi connectivity index (χ1) is 36.3. The van der Waals surface area contributed by atoms with Crippen LogP contribution in [0.3, 0.4) is 0 Å². The number of hydrogen-bond acceptors (Lipinski definition) is 8. The summed E-state index contributed by atoms with van der Waals surface area (Å²) < 4.78 is 11.3. The Balaban J connectivity index is 2.15. The standard InChI is InChI=1S/C65H127NO8/c1-3-5-7-9-11-13-15-17-19-21-23-25-27-29-30-31-33-35-37-39-41-43-45-47-49-51-53-55-61(69)66-58(57-73-65-64(72)63(71)62(70)60(56-67)74-65)59(68)54-52-50-48-46-44-42-40-38-36-34-32-28-26-24-22-20-18-16-14-12-10-8-6-4-2/h52,54,58-60,62-65,67-68,70-72H,3-51,53,55-57H2,1-2H3,(H,66,69)/b54-52+. The van der Waals surface area contributed by atoms with Gasteiger partial charge in [-0.1, -0.05) is 328 Å². The molecular formula is C65H127NO8. The number of amides is 1. The van der Waals surface area contributed by atoms with Crippen molar-refractivity contribution >= 4 is 5.91 Å². The summed E-state index contributed by atoms with van der Waals surface area (Å²) in [5, 5.41) is 54.7. The highest BCUT2D eigenvalue weighted by molar-refractivity contribution is 5.76. The van der Waals surface area contributed by atoms with Gasteiger partial charge in [0.2, 0.25) is 5.91 Å². The van der Waals surface area contributed by atoms with Gasteiger partial charge in [-0.05, 0) is 19.3 Å². The lowest BCUT2D eigenvalue weighted by Gasteiger charge is -2.40. The van der Waals surface area contributed by atoms with E-state index >= 15 is 0 Å². The van der Waals surface area contributed by atoms with Crippen LogP contribution in [-0.4, -0.2) is 87.5 Å². The largest absolute Gasteiger partial charge is 0.394 e. The third-order valence-corrected chi connectivity index (χ3v) is 16.1. The number of hydrogen-bond donors (Lipinski definition) is 6. The third kappa shape index (κ3) is 43.9. The van der Waals surface area contributed by atoms with E-state index in [-0.39, 0.29) is 12.5 Å². The fourth-order valence-corrected chi connectivity index (χ4v) is 10.9. The van der Waals surface area contributed by atoms with Gasteiger partial charge < -0.3 is 40.3 Å². The summed E-state index contributed by atoms with van der Waals surface area (Å²) in [5.41, 5.74) is 0. The zero-order chi connectivity index (χ0) is 53.6. The molecule has 0 saturated carbocycles. The van der Waals surface area contributed by atoms with Crippen LogP contribution in [0.2, 0.25) is 0 Å². The van der Waals surface area contributed by atoms with E-state index in [1.54, 1.807) is 6.08 Å². The van der Waals surface area contributed by atoms with E-state index in [0.29, 0.717) is 6.42 Å². The topological polar surface area (TPSA) is 149 Å². The smallest absolute Gasteiger partial charge is 0.220 e. The highest BCUT2D eigenvalue weighted by atomic mass is 16.7. The maximum absolute atomic E-state index is 13.1. The van der Waals surface area contributed by atoms with Crippen molar-refractivity contribution in [2.24, 2.45) is 0 Å². The van der Waals surface area contributed by atoms with Crippen LogP contribution >= 0.6 is 0 Å². The molecule has 7 atom stereocenters. The molecule has 7 unspecified atom stereocenters. The minimum atomic E-state index is -1.56. The fourth-order valence-electron chi connectivity index (χ4n) is 10.9. The highest BCUT2D eigenvalue weighted by Crippen LogP contribution is 2.23. The lowest BCUT2D eigenvalue weighted by molar-refractivity contribution is -0.302. The normalized spacial score (nSPS) is 18.9. The van der Waals surface area contributed by atoms with Gasteiger partial charge >= 0.3 is 0 Å². The maximum Gasteiger partial charge on any atom is 0.220 e. The minimum absolute atomic E-state index is 0.168. The molecule has 74 heavy (non-hydrogen) atoms. The second kappa shape index (κ2) is 55.3. The van der Waals surface area contributed by atoms with E-state index in [0.717, 1.165) is 38.5 Å². The number of carbonyl (C=O) groups is 1. The second-order valence-corrected chi connectivity index (χ2v) is 23.3. The number of ether oxygens (including phenoxy) is 2. The molecule has 1 heterocycles. The molecule has 6 N–H and O–H groups in total. The van der Waals surface area contributed by atoms with Gasteiger partial charge in [0.25, 0.3) is 0 Å². The molecule has 0 aromatic carbocycles. The first-order valence-electron chi connectivity index (χ1n) is 32.9. The molecule has 0 aliphatic carbocycles. The predicted molar refractivity (Wildman–Crippen MR) is 314 cm³/mol. The number of carbonyl (C=O) groups excluding carboxylic acids is 1. The molecule has 9 heteroatoms. The Morgan fingerprint density at radius 3 is 1.05 bits per heavy atom. The Labute approximate surface area is 458 Å². The van der Waals surface area contributed by atoms with Gasteiger partial charge in [0, 0.05) is 6.42 Å². The summed E-state index contributed by atoms with van der Waals surface area (Å²) in [7, 11) is 0. The lowest BCUT2D eigenvalue weighted by atomic mass is 9.99. The Morgan fingerprint density at radius 1 is 0.446 bits per heavy atom. The molecule has 0 bridgehead atoms. The van der Waals surface area contributed by atoms with E-state index in [2.05, 4.69) is 19.2 Å². The molecule has 1 saturated heterocycles. The van der Waals surface area contributed by atoms with Crippen LogP contribution in [0.1, 0.15) is 341 Å². The molecule has 0 aromatic heterocycles. The van der Waals surface area contributed by atoms with E-state index in [9.17, 15) is 30.3 Å². The molecule has 440 valence electrons. The monoisotopic (exact) mass is 1050 g/mol. The molecule has 1 aliphatic heterocycles. The number of aliphatic hydroxyl groups excluding tert-OH is 5. The van der Waals surface area contributed by atoms with Crippen molar-refractivity contribution in [3.63, 3.8) is 0 Å². The number of rotatable bonds is 58. The Bertz CT molecular complexity index is 1170. The summed E-state index contributed by atoms with van der Waals surface area (Å²) in [6.07, 6.45) is 63.0. The SMILES string of the molecule is CCCCCCCCCCCCCCCCCCCCCCCC/C=C/C(O)C(COC1OC(CO)C(O)C(O)C1O)NC(=O)CCCCCCCCCCCCCCCCCCCCCCCCCCCCC. The number of nitrogens with one attached hydrogen (secondary N) is 1. The second-order valence-electron chi connectivity index (χ2n) is 23.3. The van der Waals surface area contributed by atoms with E-state index in [1.807, 2.05) is 6.08 Å². The van der Waals surface area contributed by atoms with Crippen molar-refractivity contribution in [2.45, 2.75) is 384 Å². The van der Waals surface area contributed by atoms with Gasteiger partial charge in [-0.15, -0.1) is 0 Å². The average molecular weight is 1050 g/mol. The first-order valence-corrected chi connectivity index (χ1v) is 32.9. The van der Waals surface area contributed by atoms with Crippen molar-refractivity contribution in [1.82, 2.24) is 5.32 Å². The predicted octanol–water partition coefficient (Wildman–Crippen LogP) is 17.1. The van der Waals surface area contributed by atoms with Crippen LogP contribution in [0.4, 0.5) is 0 Å². The lowest BCUT2D eigenvalue weighted by Crippen LogP contribution is -2.60. The highest BCUT2D eigenvalue weighted by Gasteiger charge is 2.44. The number of unbranched alkanes of at least 4 members (excludes halogenated alkanes) is 48. The fraction of sp³-hybridized carbons (Fsp3) is 0.954. The molecule has 0 spiro atoms. The van der Waals surface area contributed by atoms with Crippen LogP contribution in [-0.2, 0) is 14.3 Å². The van der Waals surface area contributed by atoms with Crippen LogP contribution in [0.25, 0.3) is 0 Å². The van der Waals surface area contributed by atoms with Gasteiger partial charge in [0.1, 0.15) is 24.4 Å². The van der Waals surface area contributed by atoms with Gasteiger partial charge in [-0.3, -0.25) is 4.79 Å². The number of allylic oxidation sites excluding steroid dienone is 1. The summed E-state index contributed by atoms with van der Waals surface area (Å²) in [6, 6.07) is -0.801. The van der Waals surface area contributed by atoms with Gasteiger partial charge in [-0.25, -0.2) is 0 Å². The summed E-state index contributed by atoms with van der Waals surface area (Å²) in [5.74, 6) is -0.168. The van der Waals surface area contributed by atoms with E-state index < -0.39 is 49.5 Å². The van der Waals surface area contributed by atoms with Crippen LogP contribution in [0.15, 0.2) is 12.2 Å². The van der Waals surface area contributed by atoms with Gasteiger partial charge in [0.05, 0.1) is 25.4 Å². The van der Waals surface area contributed by atoms with Crippen molar-refractivity contribution in [2.75, 3.05) is 13.2 Å². The third-order valence-electron chi connectivity index (χ3n) is 16.1. The summed E-state index contributed by atoms with van der Waals surface area (Å²) >= 11 is 0. The molecule has 0 aromatic rings. The zero-order valence-electron chi connectivity index (χ0n) is 49.1. The summed E-state index contributed by atoms with van der Waals surface area (Å²) in [4.78, 5) is 13.1. The van der Waals surface area contributed by atoms with Gasteiger partial charge in [0.15, 0.2) is 6.29 Å². The van der Waals surface area contributed by atoms with Crippen LogP contribution in [0.5, 0.6) is 0 Å². The van der Waals surface area contributed by atoms with Crippen LogP contribution < -0.4 is 5.32 Å².